The number of nitrogens with one attached hydrogen (secondary N) is 1. The van der Waals surface area contributed by atoms with Crippen LogP contribution in [0.1, 0.15) is 11.1 Å². The predicted molar refractivity (Wildman–Crippen MR) is 85.3 cm³/mol. The summed E-state index contributed by atoms with van der Waals surface area (Å²) in [5.74, 6) is 0.0651. The van der Waals surface area contributed by atoms with Gasteiger partial charge < -0.3 is 10.2 Å². The maximum atomic E-state index is 9.46. The van der Waals surface area contributed by atoms with Crippen molar-refractivity contribution in [1.82, 2.24) is 0 Å². The van der Waals surface area contributed by atoms with E-state index in [0.29, 0.717) is 5.56 Å². The van der Waals surface area contributed by atoms with Crippen molar-refractivity contribution in [3.63, 3.8) is 0 Å². The summed E-state index contributed by atoms with van der Waals surface area (Å²) in [6.07, 6.45) is 7.42. The molecule has 0 aliphatic carbocycles. The van der Waals surface area contributed by atoms with Gasteiger partial charge in [0.25, 0.3) is 0 Å². The van der Waals surface area contributed by atoms with Gasteiger partial charge in [0.05, 0.1) is 11.9 Å². The van der Waals surface area contributed by atoms with Crippen LogP contribution in [0, 0.1) is 0 Å². The molecule has 2 aromatic rings. The molecule has 4 nitrogen and oxygen atoms in total. The molecule has 0 amide bonds. The molecule has 1 aliphatic heterocycles. The van der Waals surface area contributed by atoms with Crippen molar-refractivity contribution in [3.05, 3.63) is 65.2 Å². The molecule has 0 aromatic heterocycles. The lowest BCUT2D eigenvalue weighted by Crippen LogP contribution is -1.88. The zero-order valence-electron chi connectivity index (χ0n) is 11.2. The standard InChI is InChI=1S/C17H14N2O2/c20-15-8-12(9-16(21)10-15)5-6-13-7-14-3-1-2-4-17(14)19-18-11-13/h1-11,19-21H. The van der Waals surface area contributed by atoms with Crippen molar-refractivity contribution in [2.45, 2.75) is 0 Å². The van der Waals surface area contributed by atoms with E-state index in [1.54, 1.807) is 18.3 Å². The summed E-state index contributed by atoms with van der Waals surface area (Å²) in [5.41, 5.74) is 6.60. The average molecular weight is 278 g/mol. The van der Waals surface area contributed by atoms with Crippen LogP contribution in [0.5, 0.6) is 11.5 Å². The van der Waals surface area contributed by atoms with Crippen molar-refractivity contribution < 1.29 is 10.2 Å². The van der Waals surface area contributed by atoms with Gasteiger partial charge in [0.2, 0.25) is 0 Å². The Labute approximate surface area is 122 Å². The van der Waals surface area contributed by atoms with Crippen LogP contribution in [0.2, 0.25) is 0 Å². The molecule has 0 saturated carbocycles. The monoisotopic (exact) mass is 278 g/mol. The summed E-state index contributed by atoms with van der Waals surface area (Å²) in [4.78, 5) is 0. The van der Waals surface area contributed by atoms with Crippen LogP contribution in [0.3, 0.4) is 0 Å². The maximum Gasteiger partial charge on any atom is 0.119 e. The minimum absolute atomic E-state index is 0.0326. The smallest absolute Gasteiger partial charge is 0.119 e. The zero-order valence-corrected chi connectivity index (χ0v) is 11.2. The van der Waals surface area contributed by atoms with Crippen molar-refractivity contribution in [2.24, 2.45) is 5.10 Å². The van der Waals surface area contributed by atoms with E-state index in [2.05, 4.69) is 10.5 Å². The second-order valence-electron chi connectivity index (χ2n) is 4.72. The molecule has 0 unspecified atom stereocenters. The quantitative estimate of drug-likeness (QED) is 0.786. The number of aromatic hydroxyl groups is 2. The van der Waals surface area contributed by atoms with Crippen molar-refractivity contribution in [3.8, 4) is 11.5 Å². The van der Waals surface area contributed by atoms with Crippen LogP contribution in [0.15, 0.2) is 59.2 Å². The summed E-state index contributed by atoms with van der Waals surface area (Å²) in [7, 11) is 0. The first kappa shape index (κ1) is 13.0. The van der Waals surface area contributed by atoms with Crippen molar-refractivity contribution >= 4 is 24.1 Å². The summed E-state index contributed by atoms with van der Waals surface area (Å²) in [6.45, 7) is 0. The molecule has 3 rings (SSSR count). The Kier molecular flexibility index (Phi) is 3.43. The number of hydrogen-bond acceptors (Lipinski definition) is 4. The molecule has 1 heterocycles. The van der Waals surface area contributed by atoms with Crippen molar-refractivity contribution in [1.29, 1.82) is 0 Å². The zero-order chi connectivity index (χ0) is 14.7. The van der Waals surface area contributed by atoms with Crippen LogP contribution < -0.4 is 5.43 Å². The largest absolute Gasteiger partial charge is 0.508 e. The first-order chi connectivity index (χ1) is 10.2. The third-order valence-electron chi connectivity index (χ3n) is 3.07. The number of phenolic OH excluding ortho intramolecular Hbond substituents is 2. The number of phenols is 2. The second-order valence-corrected chi connectivity index (χ2v) is 4.72. The molecular weight excluding hydrogens is 264 g/mol. The Morgan fingerprint density at radius 3 is 2.52 bits per heavy atom. The van der Waals surface area contributed by atoms with E-state index in [1.165, 1.54) is 6.07 Å². The van der Waals surface area contributed by atoms with Gasteiger partial charge in [-0.15, -0.1) is 0 Å². The summed E-state index contributed by atoms with van der Waals surface area (Å²) >= 11 is 0. The summed E-state index contributed by atoms with van der Waals surface area (Å²) in [6, 6.07) is 12.3. The van der Waals surface area contributed by atoms with E-state index in [-0.39, 0.29) is 11.5 Å². The molecule has 2 aromatic carbocycles. The first-order valence-electron chi connectivity index (χ1n) is 6.52. The average Bonchev–Trinajstić information content (AvgIpc) is 2.66. The van der Waals surface area contributed by atoms with E-state index >= 15 is 0 Å². The van der Waals surface area contributed by atoms with E-state index in [0.717, 1.165) is 16.8 Å². The highest BCUT2D eigenvalue weighted by atomic mass is 16.3. The molecule has 0 atom stereocenters. The lowest BCUT2D eigenvalue weighted by Gasteiger charge is -2.01. The normalized spacial score (nSPS) is 13.4. The third-order valence-corrected chi connectivity index (χ3v) is 3.07. The molecule has 21 heavy (non-hydrogen) atoms. The number of nitrogens with zero attached hydrogens (tertiary/aromatic N) is 1. The number of para-hydroxylation sites is 1. The lowest BCUT2D eigenvalue weighted by atomic mass is 10.1. The number of benzene rings is 2. The van der Waals surface area contributed by atoms with Gasteiger partial charge in [-0.05, 0) is 35.4 Å². The highest BCUT2D eigenvalue weighted by molar-refractivity contribution is 5.94. The summed E-state index contributed by atoms with van der Waals surface area (Å²) in [5, 5.41) is 23.1. The molecule has 0 radical (unpaired) electrons. The topological polar surface area (TPSA) is 64.8 Å². The number of fused-ring (bicyclic) bond motifs is 1. The highest BCUT2D eigenvalue weighted by Crippen LogP contribution is 2.23. The van der Waals surface area contributed by atoms with E-state index in [9.17, 15) is 10.2 Å². The molecule has 104 valence electrons. The Morgan fingerprint density at radius 2 is 1.71 bits per heavy atom. The fourth-order valence-electron chi connectivity index (χ4n) is 2.12. The fourth-order valence-corrected chi connectivity index (χ4v) is 2.12. The molecule has 0 saturated heterocycles. The minimum atomic E-state index is 0.0326. The number of hydrogen-bond donors (Lipinski definition) is 3. The van der Waals surface area contributed by atoms with Gasteiger partial charge in [0.1, 0.15) is 11.5 Å². The fraction of sp³-hybridized carbons (Fsp3) is 0. The predicted octanol–water partition coefficient (Wildman–Crippen LogP) is 3.61. The van der Waals surface area contributed by atoms with Gasteiger partial charge in [-0.1, -0.05) is 30.4 Å². The molecular formula is C17H14N2O2. The Morgan fingerprint density at radius 1 is 0.952 bits per heavy atom. The number of hydrazone groups is 1. The highest BCUT2D eigenvalue weighted by Gasteiger charge is 2.02. The van der Waals surface area contributed by atoms with Crippen LogP contribution in [-0.2, 0) is 0 Å². The third kappa shape index (κ3) is 3.12. The molecule has 0 spiro atoms. The van der Waals surface area contributed by atoms with Gasteiger partial charge in [0, 0.05) is 11.6 Å². The Bertz CT molecular complexity index is 741. The van der Waals surface area contributed by atoms with E-state index in [1.807, 2.05) is 42.5 Å². The van der Waals surface area contributed by atoms with Crippen LogP contribution in [0.4, 0.5) is 5.69 Å². The van der Waals surface area contributed by atoms with Crippen molar-refractivity contribution in [2.75, 3.05) is 5.43 Å². The first-order valence-corrected chi connectivity index (χ1v) is 6.52. The number of rotatable bonds is 2. The van der Waals surface area contributed by atoms with Crippen LogP contribution >= 0.6 is 0 Å². The SMILES string of the molecule is Oc1cc(O)cc(C=CC2=Cc3ccccc3NN=C2)c1. The van der Waals surface area contributed by atoms with Gasteiger partial charge in [-0.25, -0.2) is 0 Å². The molecule has 1 aliphatic rings. The number of anilines is 1. The van der Waals surface area contributed by atoms with Gasteiger partial charge in [-0.2, -0.15) is 5.10 Å². The maximum absolute atomic E-state index is 9.46. The molecule has 0 fully saturated rings. The lowest BCUT2D eigenvalue weighted by molar-refractivity contribution is 0.450. The summed E-state index contributed by atoms with van der Waals surface area (Å²) < 4.78 is 0. The Balaban J connectivity index is 1.90. The van der Waals surface area contributed by atoms with E-state index in [4.69, 9.17) is 0 Å². The minimum Gasteiger partial charge on any atom is -0.508 e. The van der Waals surface area contributed by atoms with Gasteiger partial charge in [-0.3, -0.25) is 5.43 Å². The van der Waals surface area contributed by atoms with Crippen LogP contribution in [0.25, 0.3) is 12.2 Å². The van der Waals surface area contributed by atoms with Gasteiger partial charge >= 0.3 is 0 Å². The van der Waals surface area contributed by atoms with E-state index < -0.39 is 0 Å². The molecule has 4 heteroatoms. The van der Waals surface area contributed by atoms with Gasteiger partial charge in [0.15, 0.2) is 0 Å². The van der Waals surface area contributed by atoms with Crippen LogP contribution in [-0.4, -0.2) is 16.4 Å². The second kappa shape index (κ2) is 5.54. The Hall–Kier alpha value is -3.01. The molecule has 0 bridgehead atoms. The number of allylic oxidation sites excluding steroid dienone is 2. The molecule has 3 N–H and O–H groups in total.